The summed E-state index contributed by atoms with van der Waals surface area (Å²) in [5, 5.41) is 2.94. The summed E-state index contributed by atoms with van der Waals surface area (Å²) in [4.78, 5) is 11.8. The Hall–Kier alpha value is -2.03. The van der Waals surface area contributed by atoms with Gasteiger partial charge >= 0.3 is 0 Å². The second kappa shape index (κ2) is 6.05. The van der Waals surface area contributed by atoms with E-state index in [0.29, 0.717) is 18.0 Å². The summed E-state index contributed by atoms with van der Waals surface area (Å²) in [5.74, 6) is 0.264. The molecule has 94 valence electrons. The molecular weight excluding hydrogens is 226 g/mol. The summed E-state index contributed by atoms with van der Waals surface area (Å²) in [6.45, 7) is 2.77. The van der Waals surface area contributed by atoms with Crippen molar-refractivity contribution in [3.8, 4) is 0 Å². The zero-order valence-corrected chi connectivity index (χ0v) is 10.4. The number of hydrogen-bond acceptors (Lipinski definition) is 2. The maximum absolute atomic E-state index is 11.8. The van der Waals surface area contributed by atoms with Crippen molar-refractivity contribution in [2.75, 3.05) is 6.54 Å². The Balaban J connectivity index is 1.94. The molecule has 1 aromatic heterocycles. The Bertz CT molecular complexity index is 476. The Morgan fingerprint density at radius 1 is 1.28 bits per heavy atom. The SMILES string of the molecule is CCC(CNC(=O)c1ccoc1)c1ccccc1. The number of furan rings is 1. The van der Waals surface area contributed by atoms with E-state index in [9.17, 15) is 4.79 Å². The first-order chi connectivity index (χ1) is 8.81. The van der Waals surface area contributed by atoms with Crippen LogP contribution in [0.1, 0.15) is 35.2 Å². The smallest absolute Gasteiger partial charge is 0.254 e. The number of carbonyl (C=O) groups is 1. The number of benzene rings is 1. The van der Waals surface area contributed by atoms with Gasteiger partial charge in [0.25, 0.3) is 5.91 Å². The minimum atomic E-state index is -0.0851. The van der Waals surface area contributed by atoms with Gasteiger partial charge < -0.3 is 9.73 Å². The lowest BCUT2D eigenvalue weighted by atomic mass is 9.96. The molecule has 1 atom stereocenters. The Morgan fingerprint density at radius 2 is 2.06 bits per heavy atom. The maximum Gasteiger partial charge on any atom is 0.254 e. The van der Waals surface area contributed by atoms with Gasteiger partial charge in [0.15, 0.2) is 0 Å². The Morgan fingerprint density at radius 3 is 2.67 bits per heavy atom. The molecule has 1 heterocycles. The molecule has 3 nitrogen and oxygen atoms in total. The van der Waals surface area contributed by atoms with Gasteiger partial charge in [0.2, 0.25) is 0 Å². The number of nitrogens with one attached hydrogen (secondary N) is 1. The fourth-order valence-electron chi connectivity index (χ4n) is 1.93. The van der Waals surface area contributed by atoms with Crippen LogP contribution in [0.5, 0.6) is 0 Å². The van der Waals surface area contributed by atoms with Crippen LogP contribution in [0.3, 0.4) is 0 Å². The third-order valence-corrected chi connectivity index (χ3v) is 3.06. The second-order valence-electron chi connectivity index (χ2n) is 4.24. The molecule has 1 amide bonds. The zero-order valence-electron chi connectivity index (χ0n) is 10.4. The van der Waals surface area contributed by atoms with Gasteiger partial charge in [0.1, 0.15) is 6.26 Å². The van der Waals surface area contributed by atoms with Crippen LogP contribution in [-0.2, 0) is 0 Å². The molecule has 0 bridgehead atoms. The van der Waals surface area contributed by atoms with Crippen molar-refractivity contribution in [2.24, 2.45) is 0 Å². The summed E-state index contributed by atoms with van der Waals surface area (Å²) < 4.78 is 4.89. The minimum absolute atomic E-state index is 0.0851. The first-order valence-electron chi connectivity index (χ1n) is 6.16. The van der Waals surface area contributed by atoms with E-state index in [1.165, 1.54) is 18.1 Å². The van der Waals surface area contributed by atoms with E-state index in [1.807, 2.05) is 18.2 Å². The predicted octanol–water partition coefficient (Wildman–Crippen LogP) is 3.20. The van der Waals surface area contributed by atoms with Gasteiger partial charge in [-0.25, -0.2) is 0 Å². The van der Waals surface area contributed by atoms with Crippen LogP contribution in [0.4, 0.5) is 0 Å². The lowest BCUT2D eigenvalue weighted by Crippen LogP contribution is -2.27. The molecule has 0 radical (unpaired) electrons. The van der Waals surface area contributed by atoms with Crippen LogP contribution in [-0.4, -0.2) is 12.5 Å². The van der Waals surface area contributed by atoms with E-state index in [1.54, 1.807) is 6.07 Å². The van der Waals surface area contributed by atoms with Gasteiger partial charge in [0.05, 0.1) is 11.8 Å². The van der Waals surface area contributed by atoms with Gasteiger partial charge in [-0.05, 0) is 18.1 Å². The maximum atomic E-state index is 11.8. The van der Waals surface area contributed by atoms with Crippen molar-refractivity contribution in [2.45, 2.75) is 19.3 Å². The highest BCUT2D eigenvalue weighted by molar-refractivity contribution is 5.93. The Labute approximate surface area is 107 Å². The Kier molecular flexibility index (Phi) is 4.18. The average Bonchev–Trinajstić information content (AvgIpc) is 2.94. The predicted molar refractivity (Wildman–Crippen MR) is 70.5 cm³/mol. The van der Waals surface area contributed by atoms with Crippen molar-refractivity contribution in [1.82, 2.24) is 5.32 Å². The fraction of sp³-hybridized carbons (Fsp3) is 0.267. The normalized spacial score (nSPS) is 12.1. The number of hydrogen-bond donors (Lipinski definition) is 1. The van der Waals surface area contributed by atoms with Gasteiger partial charge in [0, 0.05) is 12.5 Å². The van der Waals surface area contributed by atoms with Crippen molar-refractivity contribution < 1.29 is 9.21 Å². The van der Waals surface area contributed by atoms with E-state index < -0.39 is 0 Å². The highest BCUT2D eigenvalue weighted by atomic mass is 16.3. The second-order valence-corrected chi connectivity index (χ2v) is 4.24. The van der Waals surface area contributed by atoms with E-state index >= 15 is 0 Å². The molecule has 1 N–H and O–H groups in total. The average molecular weight is 243 g/mol. The molecule has 0 spiro atoms. The van der Waals surface area contributed by atoms with E-state index in [-0.39, 0.29) is 5.91 Å². The summed E-state index contributed by atoms with van der Waals surface area (Å²) in [6, 6.07) is 11.9. The molecule has 0 fully saturated rings. The highest BCUT2D eigenvalue weighted by Gasteiger charge is 2.12. The van der Waals surface area contributed by atoms with Crippen LogP contribution < -0.4 is 5.32 Å². The molecule has 0 aliphatic carbocycles. The largest absolute Gasteiger partial charge is 0.472 e. The first-order valence-corrected chi connectivity index (χ1v) is 6.16. The fourth-order valence-corrected chi connectivity index (χ4v) is 1.93. The zero-order chi connectivity index (χ0) is 12.8. The van der Waals surface area contributed by atoms with E-state index in [2.05, 4.69) is 24.4 Å². The molecule has 0 saturated carbocycles. The minimum Gasteiger partial charge on any atom is -0.472 e. The van der Waals surface area contributed by atoms with Gasteiger partial charge in [-0.2, -0.15) is 0 Å². The molecular formula is C15H17NO2. The molecule has 0 saturated heterocycles. The van der Waals surface area contributed by atoms with Gasteiger partial charge in [-0.15, -0.1) is 0 Å². The summed E-state index contributed by atoms with van der Waals surface area (Å²) >= 11 is 0. The van der Waals surface area contributed by atoms with Crippen molar-refractivity contribution >= 4 is 5.91 Å². The summed E-state index contributed by atoms with van der Waals surface area (Å²) in [6.07, 6.45) is 3.96. The third kappa shape index (κ3) is 3.00. The lowest BCUT2D eigenvalue weighted by molar-refractivity contribution is 0.0950. The molecule has 1 aromatic carbocycles. The molecule has 1 unspecified atom stereocenters. The summed E-state index contributed by atoms with van der Waals surface area (Å²) in [7, 11) is 0. The number of amides is 1. The summed E-state index contributed by atoms with van der Waals surface area (Å²) in [5.41, 5.74) is 1.82. The third-order valence-electron chi connectivity index (χ3n) is 3.06. The van der Waals surface area contributed by atoms with Crippen LogP contribution in [0.15, 0.2) is 53.3 Å². The molecule has 18 heavy (non-hydrogen) atoms. The quantitative estimate of drug-likeness (QED) is 0.876. The molecule has 0 aliphatic rings. The number of carbonyl (C=O) groups excluding carboxylic acids is 1. The lowest BCUT2D eigenvalue weighted by Gasteiger charge is -2.15. The molecule has 2 aromatic rings. The van der Waals surface area contributed by atoms with Crippen molar-refractivity contribution in [3.63, 3.8) is 0 Å². The topological polar surface area (TPSA) is 42.2 Å². The van der Waals surface area contributed by atoms with Crippen LogP contribution in [0.2, 0.25) is 0 Å². The monoisotopic (exact) mass is 243 g/mol. The number of rotatable bonds is 5. The first kappa shape index (κ1) is 12.4. The van der Waals surface area contributed by atoms with Gasteiger partial charge in [-0.1, -0.05) is 37.3 Å². The molecule has 0 aliphatic heterocycles. The molecule has 3 heteroatoms. The van der Waals surface area contributed by atoms with Gasteiger partial charge in [-0.3, -0.25) is 4.79 Å². The van der Waals surface area contributed by atoms with Crippen molar-refractivity contribution in [3.05, 3.63) is 60.1 Å². The van der Waals surface area contributed by atoms with E-state index in [0.717, 1.165) is 6.42 Å². The molecule has 2 rings (SSSR count). The van der Waals surface area contributed by atoms with Crippen LogP contribution >= 0.6 is 0 Å². The van der Waals surface area contributed by atoms with E-state index in [4.69, 9.17) is 4.42 Å². The van der Waals surface area contributed by atoms with Crippen LogP contribution in [0, 0.1) is 0 Å². The van der Waals surface area contributed by atoms with Crippen molar-refractivity contribution in [1.29, 1.82) is 0 Å². The van der Waals surface area contributed by atoms with Crippen LogP contribution in [0.25, 0.3) is 0 Å². The highest BCUT2D eigenvalue weighted by Crippen LogP contribution is 2.18. The standard InChI is InChI=1S/C15H17NO2/c1-2-12(13-6-4-3-5-7-13)10-16-15(17)14-8-9-18-11-14/h3-9,11-12H,2,10H2,1H3,(H,16,17).